The smallest absolute Gasteiger partial charge is 0.339 e. The van der Waals surface area contributed by atoms with Crippen molar-refractivity contribution < 1.29 is 27.2 Å². The van der Waals surface area contributed by atoms with Crippen LogP contribution in [0.15, 0.2) is 78.9 Å². The maximum absolute atomic E-state index is 14.3. The number of alkyl halides is 3. The van der Waals surface area contributed by atoms with E-state index in [-0.39, 0.29) is 12.1 Å². The number of para-hydroxylation sites is 1. The number of halogens is 4. The van der Waals surface area contributed by atoms with Crippen LogP contribution in [0.3, 0.4) is 0 Å². The summed E-state index contributed by atoms with van der Waals surface area (Å²) < 4.78 is 56.2. The number of fused-ring (bicyclic) bond motifs is 1. The van der Waals surface area contributed by atoms with E-state index in [0.29, 0.717) is 28.3 Å². The summed E-state index contributed by atoms with van der Waals surface area (Å²) in [5.41, 5.74) is -0.310. The molecule has 1 aliphatic rings. The van der Waals surface area contributed by atoms with Gasteiger partial charge in [0.15, 0.2) is 6.19 Å². The molecule has 4 aromatic rings. The molecule has 0 radical (unpaired) electrons. The Labute approximate surface area is 257 Å². The van der Waals surface area contributed by atoms with E-state index in [9.17, 15) is 32.4 Å². The van der Waals surface area contributed by atoms with Crippen LogP contribution in [0, 0.1) is 17.3 Å². The number of anilines is 1. The minimum atomic E-state index is -4.68. The standard InChI is InChI=1S/C33H30F4N6O2/c1-5-42-30-26(28(32(2,3)41(4)19-38)40-43(30)24-12-7-6-8-13-24)25(20-14-16-23(34)17-15-20)27(31(42)45)39-29(44)21-10-9-11-22(18-21)33(35,36)37/h6-18,25,27H,5H2,1-4H3,(H,39,44)/t25-,27-/m1/s1. The summed E-state index contributed by atoms with van der Waals surface area (Å²) in [5.74, 6) is -2.50. The molecule has 0 spiro atoms. The average molecular weight is 619 g/mol. The van der Waals surface area contributed by atoms with Crippen molar-refractivity contribution in [3.05, 3.63) is 113 Å². The molecule has 0 aliphatic carbocycles. The Balaban J connectivity index is 1.77. The Morgan fingerprint density at radius 3 is 2.31 bits per heavy atom. The molecule has 1 aromatic heterocycles. The Kier molecular flexibility index (Phi) is 8.14. The van der Waals surface area contributed by atoms with Crippen LogP contribution in [0.4, 0.5) is 23.4 Å². The lowest BCUT2D eigenvalue weighted by molar-refractivity contribution is -0.137. The predicted octanol–water partition coefficient (Wildman–Crippen LogP) is 5.98. The second kappa shape index (κ2) is 11.7. The van der Waals surface area contributed by atoms with Crippen molar-refractivity contribution in [2.75, 3.05) is 18.5 Å². The van der Waals surface area contributed by atoms with Gasteiger partial charge in [0.1, 0.15) is 17.7 Å². The molecule has 0 unspecified atom stereocenters. The van der Waals surface area contributed by atoms with Gasteiger partial charge < -0.3 is 10.2 Å². The third-order valence-electron chi connectivity index (χ3n) is 8.18. The third kappa shape index (κ3) is 5.61. The van der Waals surface area contributed by atoms with E-state index < -0.39 is 46.9 Å². The average Bonchev–Trinajstić information content (AvgIpc) is 3.42. The first-order chi connectivity index (χ1) is 21.3. The third-order valence-corrected chi connectivity index (χ3v) is 8.18. The molecule has 5 rings (SSSR count). The van der Waals surface area contributed by atoms with Crippen LogP contribution in [0.2, 0.25) is 0 Å². The number of nitrogens with zero attached hydrogens (tertiary/aromatic N) is 5. The van der Waals surface area contributed by atoms with Gasteiger partial charge in [0.25, 0.3) is 11.8 Å². The number of amides is 2. The number of aromatic nitrogens is 2. The molecule has 3 aromatic carbocycles. The molecular formula is C33H30F4N6O2. The van der Waals surface area contributed by atoms with Crippen LogP contribution in [-0.4, -0.2) is 46.1 Å². The monoisotopic (exact) mass is 618 g/mol. The fraction of sp³-hybridized carbons (Fsp3) is 0.273. The zero-order chi connectivity index (χ0) is 32.7. The number of benzene rings is 3. The predicted molar refractivity (Wildman–Crippen MR) is 159 cm³/mol. The molecule has 12 heteroatoms. The summed E-state index contributed by atoms with van der Waals surface area (Å²) in [6, 6.07) is 17.1. The summed E-state index contributed by atoms with van der Waals surface area (Å²) >= 11 is 0. The number of carbonyl (C=O) groups excluding carboxylic acids is 2. The number of hydrogen-bond acceptors (Lipinski definition) is 5. The van der Waals surface area contributed by atoms with E-state index >= 15 is 0 Å². The molecule has 1 N–H and O–H groups in total. The van der Waals surface area contributed by atoms with Gasteiger partial charge in [-0.3, -0.25) is 14.5 Å². The molecule has 45 heavy (non-hydrogen) atoms. The van der Waals surface area contributed by atoms with E-state index in [1.807, 2.05) is 30.3 Å². The lowest BCUT2D eigenvalue weighted by Gasteiger charge is -2.40. The number of nitrogens with one attached hydrogen (secondary N) is 1. The first kappa shape index (κ1) is 31.3. The topological polar surface area (TPSA) is 94.3 Å². The second-order valence-electron chi connectivity index (χ2n) is 11.2. The molecule has 1 aliphatic heterocycles. The normalized spacial score (nSPS) is 16.6. The Bertz CT molecular complexity index is 1780. The summed E-state index contributed by atoms with van der Waals surface area (Å²) in [6.07, 6.45) is -2.55. The molecule has 2 heterocycles. The Morgan fingerprint density at radius 1 is 1.04 bits per heavy atom. The van der Waals surface area contributed by atoms with Gasteiger partial charge in [-0.25, -0.2) is 9.07 Å². The van der Waals surface area contributed by atoms with Crippen LogP contribution >= 0.6 is 0 Å². The Morgan fingerprint density at radius 2 is 1.71 bits per heavy atom. The first-order valence-electron chi connectivity index (χ1n) is 14.2. The van der Waals surface area contributed by atoms with E-state index in [1.54, 1.807) is 32.5 Å². The zero-order valence-electron chi connectivity index (χ0n) is 24.9. The highest BCUT2D eigenvalue weighted by molar-refractivity contribution is 6.05. The minimum absolute atomic E-state index is 0.157. The molecule has 2 atom stereocenters. The van der Waals surface area contributed by atoms with Crippen molar-refractivity contribution in [1.82, 2.24) is 20.0 Å². The lowest BCUT2D eigenvalue weighted by atomic mass is 9.78. The zero-order valence-corrected chi connectivity index (χ0v) is 24.9. The number of nitriles is 1. The fourth-order valence-corrected chi connectivity index (χ4v) is 5.58. The molecule has 0 saturated carbocycles. The number of rotatable bonds is 7. The van der Waals surface area contributed by atoms with Gasteiger partial charge in [0.05, 0.1) is 22.5 Å². The number of carbonyl (C=O) groups is 2. The molecule has 0 saturated heterocycles. The highest BCUT2D eigenvalue weighted by atomic mass is 19.4. The summed E-state index contributed by atoms with van der Waals surface area (Å²) in [5, 5.41) is 17.5. The quantitative estimate of drug-likeness (QED) is 0.156. The fourth-order valence-electron chi connectivity index (χ4n) is 5.58. The van der Waals surface area contributed by atoms with Gasteiger partial charge >= 0.3 is 6.18 Å². The summed E-state index contributed by atoms with van der Waals surface area (Å²) in [6.45, 7) is 5.49. The summed E-state index contributed by atoms with van der Waals surface area (Å²) in [7, 11) is 1.60. The summed E-state index contributed by atoms with van der Waals surface area (Å²) in [4.78, 5) is 30.8. The van der Waals surface area contributed by atoms with Crippen molar-refractivity contribution in [2.45, 2.75) is 44.4 Å². The molecule has 8 nitrogen and oxygen atoms in total. The van der Waals surface area contributed by atoms with Crippen molar-refractivity contribution >= 4 is 17.6 Å². The van der Waals surface area contributed by atoms with Crippen LogP contribution < -0.4 is 10.2 Å². The van der Waals surface area contributed by atoms with Gasteiger partial charge in [0.2, 0.25) is 0 Å². The highest BCUT2D eigenvalue weighted by Gasteiger charge is 2.49. The molecule has 232 valence electrons. The van der Waals surface area contributed by atoms with E-state index in [4.69, 9.17) is 5.10 Å². The van der Waals surface area contributed by atoms with Gasteiger partial charge in [-0.1, -0.05) is 36.4 Å². The van der Waals surface area contributed by atoms with E-state index in [0.717, 1.165) is 18.2 Å². The minimum Gasteiger partial charge on any atom is -0.339 e. The Hall–Kier alpha value is -5.18. The van der Waals surface area contributed by atoms with E-state index in [1.165, 1.54) is 40.1 Å². The van der Waals surface area contributed by atoms with Crippen LogP contribution in [0.25, 0.3) is 5.69 Å². The van der Waals surface area contributed by atoms with E-state index in [2.05, 4.69) is 11.5 Å². The molecule has 0 bridgehead atoms. The van der Waals surface area contributed by atoms with Crippen LogP contribution in [0.5, 0.6) is 0 Å². The van der Waals surface area contributed by atoms with Gasteiger partial charge in [-0.15, -0.1) is 0 Å². The maximum Gasteiger partial charge on any atom is 0.416 e. The molecule has 0 fully saturated rings. The highest BCUT2D eigenvalue weighted by Crippen LogP contribution is 2.47. The second-order valence-corrected chi connectivity index (χ2v) is 11.2. The SMILES string of the molecule is CCN1C(=O)[C@H](NC(=O)c2cccc(C(F)(F)F)c2)[C@H](c2ccc(F)cc2)c2c(C(C)(C)N(C)C#N)nn(-c3ccccc3)c21. The van der Waals surface area contributed by atoms with Crippen molar-refractivity contribution in [2.24, 2.45) is 0 Å². The number of hydrogen-bond donors (Lipinski definition) is 1. The number of likely N-dealkylation sites (N-methyl/N-ethyl adjacent to an activating group) is 1. The van der Waals surface area contributed by atoms with Crippen molar-refractivity contribution in [3.8, 4) is 11.9 Å². The lowest BCUT2D eigenvalue weighted by Crippen LogP contribution is -2.56. The van der Waals surface area contributed by atoms with Crippen LogP contribution in [-0.2, 0) is 16.5 Å². The molecule has 2 amide bonds. The van der Waals surface area contributed by atoms with Gasteiger partial charge in [0, 0.05) is 30.6 Å². The van der Waals surface area contributed by atoms with Crippen molar-refractivity contribution in [1.29, 1.82) is 5.26 Å². The first-order valence-corrected chi connectivity index (χ1v) is 14.2. The molecular weight excluding hydrogens is 588 g/mol. The van der Waals surface area contributed by atoms with Gasteiger partial charge in [-0.2, -0.15) is 23.5 Å². The van der Waals surface area contributed by atoms with Crippen LogP contribution in [0.1, 0.15) is 59.4 Å². The van der Waals surface area contributed by atoms with Gasteiger partial charge in [-0.05, 0) is 68.8 Å². The van der Waals surface area contributed by atoms with Crippen molar-refractivity contribution in [3.63, 3.8) is 0 Å². The largest absolute Gasteiger partial charge is 0.416 e. The maximum atomic E-state index is 14.3.